The summed E-state index contributed by atoms with van der Waals surface area (Å²) in [6, 6.07) is 7.75. The highest BCUT2D eigenvalue weighted by molar-refractivity contribution is 6.08. The standard InChI is InChI=1S/C18H20N4O3/c1-11-16(13-6-2-3-7-14(13)20-11)17(23)19-9-15-21-22-18(25-15)12-5-4-8-24-10-12/h2-3,6-7,12,20H,4-5,8-10H2,1H3,(H,19,23). The average molecular weight is 340 g/mol. The number of hydrogen-bond acceptors (Lipinski definition) is 5. The molecule has 2 aromatic heterocycles. The first kappa shape index (κ1) is 15.8. The van der Waals surface area contributed by atoms with Crippen LogP contribution in [0.15, 0.2) is 28.7 Å². The molecule has 7 heteroatoms. The van der Waals surface area contributed by atoms with E-state index in [9.17, 15) is 4.79 Å². The van der Waals surface area contributed by atoms with Gasteiger partial charge >= 0.3 is 0 Å². The van der Waals surface area contributed by atoms with E-state index < -0.39 is 0 Å². The lowest BCUT2D eigenvalue weighted by atomic mass is 10.0. The number of aromatic amines is 1. The first-order valence-electron chi connectivity index (χ1n) is 8.48. The van der Waals surface area contributed by atoms with E-state index in [0.717, 1.165) is 36.0 Å². The lowest BCUT2D eigenvalue weighted by Gasteiger charge is -2.18. The van der Waals surface area contributed by atoms with Gasteiger partial charge in [-0.15, -0.1) is 10.2 Å². The molecule has 1 aliphatic rings. The Hall–Kier alpha value is -2.67. The average Bonchev–Trinajstić information content (AvgIpc) is 3.24. The zero-order chi connectivity index (χ0) is 17.2. The SMILES string of the molecule is Cc1[nH]c2ccccc2c1C(=O)NCc1nnc(C2CCCOC2)o1. The van der Waals surface area contributed by atoms with Crippen molar-refractivity contribution in [3.8, 4) is 0 Å². The number of fused-ring (bicyclic) bond motifs is 1. The lowest BCUT2D eigenvalue weighted by Crippen LogP contribution is -2.23. The van der Waals surface area contributed by atoms with E-state index in [0.29, 0.717) is 24.0 Å². The summed E-state index contributed by atoms with van der Waals surface area (Å²) in [5.74, 6) is 0.996. The normalized spacial score (nSPS) is 17.7. The minimum atomic E-state index is -0.157. The Bertz CT molecular complexity index is 893. The number of carbonyl (C=O) groups excluding carboxylic acids is 1. The van der Waals surface area contributed by atoms with Gasteiger partial charge in [0.15, 0.2) is 0 Å². The number of nitrogens with one attached hydrogen (secondary N) is 2. The highest BCUT2D eigenvalue weighted by Gasteiger charge is 2.22. The van der Waals surface area contributed by atoms with Gasteiger partial charge in [0.25, 0.3) is 5.91 Å². The molecule has 7 nitrogen and oxygen atoms in total. The molecule has 1 unspecified atom stereocenters. The molecule has 3 aromatic rings. The van der Waals surface area contributed by atoms with Crippen molar-refractivity contribution in [2.24, 2.45) is 0 Å². The summed E-state index contributed by atoms with van der Waals surface area (Å²) in [6.45, 7) is 3.50. The van der Waals surface area contributed by atoms with Crippen LogP contribution in [0.5, 0.6) is 0 Å². The smallest absolute Gasteiger partial charge is 0.254 e. The van der Waals surface area contributed by atoms with Gasteiger partial charge in [0.2, 0.25) is 11.8 Å². The molecule has 1 atom stereocenters. The van der Waals surface area contributed by atoms with Crippen molar-refractivity contribution in [1.29, 1.82) is 0 Å². The second-order valence-corrected chi connectivity index (χ2v) is 6.30. The number of nitrogens with zero attached hydrogens (tertiary/aromatic N) is 2. The van der Waals surface area contributed by atoms with Crippen LogP contribution in [0.2, 0.25) is 0 Å². The predicted octanol–water partition coefficient (Wildman–Crippen LogP) is 2.68. The van der Waals surface area contributed by atoms with Crippen LogP contribution in [0.1, 0.15) is 46.6 Å². The third-order valence-corrected chi connectivity index (χ3v) is 4.51. The Morgan fingerprint density at radius 3 is 3.08 bits per heavy atom. The third kappa shape index (κ3) is 3.15. The van der Waals surface area contributed by atoms with Crippen LogP contribution in [0.4, 0.5) is 0 Å². The number of ether oxygens (including phenoxy) is 1. The summed E-state index contributed by atoms with van der Waals surface area (Å²) < 4.78 is 11.1. The number of H-pyrrole nitrogens is 1. The molecule has 0 aliphatic carbocycles. The highest BCUT2D eigenvalue weighted by atomic mass is 16.5. The van der Waals surface area contributed by atoms with E-state index in [1.54, 1.807) is 0 Å². The Labute approximate surface area is 144 Å². The highest BCUT2D eigenvalue weighted by Crippen LogP contribution is 2.24. The molecule has 2 N–H and O–H groups in total. The Kier molecular flexibility index (Phi) is 4.23. The van der Waals surface area contributed by atoms with Crippen molar-refractivity contribution in [1.82, 2.24) is 20.5 Å². The summed E-state index contributed by atoms with van der Waals surface area (Å²) in [5.41, 5.74) is 2.43. The minimum absolute atomic E-state index is 0.154. The first-order chi connectivity index (χ1) is 12.2. The summed E-state index contributed by atoms with van der Waals surface area (Å²) in [5, 5.41) is 11.9. The molecule has 1 amide bonds. The fourth-order valence-corrected chi connectivity index (χ4v) is 3.25. The topological polar surface area (TPSA) is 93.0 Å². The van der Waals surface area contributed by atoms with Crippen molar-refractivity contribution in [3.63, 3.8) is 0 Å². The minimum Gasteiger partial charge on any atom is -0.423 e. The molecular formula is C18H20N4O3. The van der Waals surface area contributed by atoms with Gasteiger partial charge in [-0.3, -0.25) is 4.79 Å². The fraction of sp³-hybridized carbons (Fsp3) is 0.389. The molecule has 0 spiro atoms. The molecule has 1 saturated heterocycles. The van der Waals surface area contributed by atoms with E-state index in [4.69, 9.17) is 9.15 Å². The van der Waals surface area contributed by atoms with Crippen LogP contribution < -0.4 is 5.32 Å². The van der Waals surface area contributed by atoms with Crippen molar-refractivity contribution < 1.29 is 13.9 Å². The van der Waals surface area contributed by atoms with Gasteiger partial charge in [-0.25, -0.2) is 0 Å². The van der Waals surface area contributed by atoms with Gasteiger partial charge in [0.1, 0.15) is 0 Å². The summed E-state index contributed by atoms with van der Waals surface area (Å²) >= 11 is 0. The second kappa shape index (κ2) is 6.68. The molecule has 3 heterocycles. The maximum absolute atomic E-state index is 12.6. The largest absolute Gasteiger partial charge is 0.423 e. The molecular weight excluding hydrogens is 320 g/mol. The van der Waals surface area contributed by atoms with Crippen LogP contribution in [-0.2, 0) is 11.3 Å². The summed E-state index contributed by atoms with van der Waals surface area (Å²) in [6.07, 6.45) is 1.99. The summed E-state index contributed by atoms with van der Waals surface area (Å²) in [7, 11) is 0. The van der Waals surface area contributed by atoms with Gasteiger partial charge in [0, 0.05) is 23.2 Å². The van der Waals surface area contributed by atoms with Gasteiger partial charge in [-0.05, 0) is 25.8 Å². The number of aromatic nitrogens is 3. The molecule has 4 rings (SSSR count). The van der Waals surface area contributed by atoms with Crippen molar-refractivity contribution in [3.05, 3.63) is 47.3 Å². The molecule has 0 bridgehead atoms. The van der Waals surface area contributed by atoms with Crippen molar-refractivity contribution in [2.45, 2.75) is 32.2 Å². The van der Waals surface area contributed by atoms with E-state index in [2.05, 4.69) is 20.5 Å². The second-order valence-electron chi connectivity index (χ2n) is 6.30. The van der Waals surface area contributed by atoms with E-state index in [1.807, 2.05) is 31.2 Å². The van der Waals surface area contributed by atoms with Crippen molar-refractivity contribution in [2.75, 3.05) is 13.2 Å². The Balaban J connectivity index is 1.45. The number of para-hydroxylation sites is 1. The molecule has 0 saturated carbocycles. The summed E-state index contributed by atoms with van der Waals surface area (Å²) in [4.78, 5) is 15.8. The maximum atomic E-state index is 12.6. The van der Waals surface area contributed by atoms with Gasteiger partial charge in [0.05, 0.1) is 24.6 Å². The number of carbonyl (C=O) groups is 1. The van der Waals surface area contributed by atoms with E-state index in [1.165, 1.54) is 0 Å². The van der Waals surface area contributed by atoms with Crippen LogP contribution in [0, 0.1) is 6.92 Å². The third-order valence-electron chi connectivity index (χ3n) is 4.51. The molecule has 1 fully saturated rings. The van der Waals surface area contributed by atoms with Gasteiger partial charge in [-0.2, -0.15) is 0 Å². The van der Waals surface area contributed by atoms with Crippen LogP contribution in [0.3, 0.4) is 0 Å². The number of aryl methyl sites for hydroxylation is 1. The maximum Gasteiger partial charge on any atom is 0.254 e. The van der Waals surface area contributed by atoms with Crippen molar-refractivity contribution >= 4 is 16.8 Å². The van der Waals surface area contributed by atoms with Crippen LogP contribution in [-0.4, -0.2) is 34.3 Å². The molecule has 25 heavy (non-hydrogen) atoms. The zero-order valence-corrected chi connectivity index (χ0v) is 14.0. The monoisotopic (exact) mass is 340 g/mol. The molecule has 1 aliphatic heterocycles. The number of benzene rings is 1. The van der Waals surface area contributed by atoms with E-state index in [-0.39, 0.29) is 18.4 Å². The van der Waals surface area contributed by atoms with E-state index >= 15 is 0 Å². The van der Waals surface area contributed by atoms with Crippen LogP contribution >= 0.6 is 0 Å². The molecule has 1 aromatic carbocycles. The molecule has 130 valence electrons. The number of rotatable bonds is 4. The molecule has 0 radical (unpaired) electrons. The lowest BCUT2D eigenvalue weighted by molar-refractivity contribution is 0.0720. The quantitative estimate of drug-likeness (QED) is 0.762. The first-order valence-corrected chi connectivity index (χ1v) is 8.48. The van der Waals surface area contributed by atoms with Gasteiger partial charge in [-0.1, -0.05) is 18.2 Å². The van der Waals surface area contributed by atoms with Crippen LogP contribution in [0.25, 0.3) is 10.9 Å². The number of amides is 1. The zero-order valence-electron chi connectivity index (χ0n) is 14.0. The predicted molar refractivity (Wildman–Crippen MR) is 91.3 cm³/mol. The Morgan fingerprint density at radius 2 is 2.24 bits per heavy atom. The van der Waals surface area contributed by atoms with Gasteiger partial charge < -0.3 is 19.5 Å². The number of hydrogen-bond donors (Lipinski definition) is 2. The Morgan fingerprint density at radius 1 is 1.36 bits per heavy atom. The fourth-order valence-electron chi connectivity index (χ4n) is 3.25.